The topological polar surface area (TPSA) is 71.1 Å². The zero-order chi connectivity index (χ0) is 15.3. The van der Waals surface area contributed by atoms with Crippen LogP contribution in [0.25, 0.3) is 0 Å². The van der Waals surface area contributed by atoms with Crippen LogP contribution in [0, 0.1) is 6.92 Å². The summed E-state index contributed by atoms with van der Waals surface area (Å²) in [5, 5.41) is 7.74. The lowest BCUT2D eigenvalue weighted by molar-refractivity contribution is 0.578. The first kappa shape index (κ1) is 16.6. The predicted octanol–water partition coefficient (Wildman–Crippen LogP) is 2.49. The molecule has 0 atom stereocenters. The van der Waals surface area contributed by atoms with E-state index >= 15 is 0 Å². The molecule has 0 spiro atoms. The van der Waals surface area contributed by atoms with Crippen LogP contribution in [0.2, 0.25) is 0 Å². The summed E-state index contributed by atoms with van der Waals surface area (Å²) in [4.78, 5) is 5.35. The van der Waals surface area contributed by atoms with Crippen molar-refractivity contribution in [3.05, 3.63) is 32.4 Å². The first-order valence-electron chi connectivity index (χ1n) is 6.70. The lowest BCUT2D eigenvalue weighted by Gasteiger charge is -2.09. The van der Waals surface area contributed by atoms with Crippen molar-refractivity contribution in [2.24, 2.45) is 0 Å². The van der Waals surface area contributed by atoms with Gasteiger partial charge in [0.15, 0.2) is 0 Å². The molecule has 2 heterocycles. The number of hydrogen-bond donors (Lipinski definition) is 2. The molecule has 2 aromatic heterocycles. The second-order valence-corrected chi connectivity index (χ2v) is 8.25. The van der Waals surface area contributed by atoms with Gasteiger partial charge in [0.05, 0.1) is 6.54 Å². The average molecular weight is 346 g/mol. The predicted molar refractivity (Wildman–Crippen MR) is 87.2 cm³/mol. The van der Waals surface area contributed by atoms with Crippen LogP contribution in [-0.2, 0) is 23.1 Å². The van der Waals surface area contributed by atoms with Crippen LogP contribution in [0.5, 0.6) is 0 Å². The van der Waals surface area contributed by atoms with E-state index in [2.05, 4.69) is 21.9 Å². The number of nitrogens with zero attached hydrogens (tertiary/aromatic N) is 1. The van der Waals surface area contributed by atoms with E-state index in [9.17, 15) is 8.42 Å². The van der Waals surface area contributed by atoms with Gasteiger partial charge in [0.2, 0.25) is 10.0 Å². The Morgan fingerprint density at radius 2 is 2.10 bits per heavy atom. The zero-order valence-corrected chi connectivity index (χ0v) is 14.5. The minimum atomic E-state index is -3.50. The Bertz CT molecular complexity index is 663. The Morgan fingerprint density at radius 3 is 2.76 bits per heavy atom. The largest absolute Gasteiger partial charge is 0.312 e. The summed E-state index contributed by atoms with van der Waals surface area (Å²) >= 11 is 2.92. The van der Waals surface area contributed by atoms with Crippen molar-refractivity contribution < 1.29 is 8.42 Å². The maximum Gasteiger partial charge on any atom is 0.242 e. The fraction of sp³-hybridized carbons (Fsp3) is 0.462. The molecule has 2 rings (SSSR count). The van der Waals surface area contributed by atoms with Gasteiger partial charge in [0.25, 0.3) is 0 Å². The van der Waals surface area contributed by atoms with E-state index < -0.39 is 10.0 Å². The van der Waals surface area contributed by atoms with Gasteiger partial charge in [0, 0.05) is 23.0 Å². The third kappa shape index (κ3) is 4.33. The molecule has 2 aromatic rings. The lowest BCUT2D eigenvalue weighted by Crippen LogP contribution is -2.25. The first-order valence-corrected chi connectivity index (χ1v) is 9.94. The molecule has 0 radical (unpaired) electrons. The normalized spacial score (nSPS) is 11.9. The first-order chi connectivity index (χ1) is 10.0. The number of thiazole rings is 1. The summed E-state index contributed by atoms with van der Waals surface area (Å²) in [5.41, 5.74) is 0.792. The highest BCUT2D eigenvalue weighted by Gasteiger charge is 2.22. The van der Waals surface area contributed by atoms with Gasteiger partial charge in [-0.3, -0.25) is 0 Å². The van der Waals surface area contributed by atoms with E-state index in [-0.39, 0.29) is 6.54 Å². The molecule has 0 fully saturated rings. The van der Waals surface area contributed by atoms with E-state index in [0.29, 0.717) is 11.4 Å². The molecule has 0 saturated carbocycles. The van der Waals surface area contributed by atoms with Gasteiger partial charge in [-0.1, -0.05) is 6.92 Å². The van der Waals surface area contributed by atoms with E-state index in [1.54, 1.807) is 6.20 Å². The van der Waals surface area contributed by atoms with Crippen LogP contribution in [-0.4, -0.2) is 19.9 Å². The summed E-state index contributed by atoms with van der Waals surface area (Å²) < 4.78 is 27.6. The van der Waals surface area contributed by atoms with Crippen molar-refractivity contribution in [3.63, 3.8) is 0 Å². The molecule has 0 aliphatic rings. The molecule has 21 heavy (non-hydrogen) atoms. The van der Waals surface area contributed by atoms with Gasteiger partial charge in [0.1, 0.15) is 9.90 Å². The molecule has 0 aromatic carbocycles. The number of aromatic nitrogens is 1. The molecular weight excluding hydrogens is 326 g/mol. The Labute approximate surface area is 133 Å². The second kappa shape index (κ2) is 7.46. The summed E-state index contributed by atoms with van der Waals surface area (Å²) in [6, 6.07) is 0. The van der Waals surface area contributed by atoms with Crippen LogP contribution in [0.15, 0.2) is 21.9 Å². The molecule has 2 N–H and O–H groups in total. The third-order valence-corrected chi connectivity index (χ3v) is 6.51. The van der Waals surface area contributed by atoms with Crippen LogP contribution in [0.1, 0.15) is 28.8 Å². The third-order valence-electron chi connectivity index (χ3n) is 2.87. The number of hydrogen-bond acceptors (Lipinski definition) is 6. The Hall–Kier alpha value is -0.800. The van der Waals surface area contributed by atoms with E-state index in [1.165, 1.54) is 22.7 Å². The Balaban J connectivity index is 2.13. The second-order valence-electron chi connectivity index (χ2n) is 4.60. The molecular formula is C13H19N3O2S3. The SMILES string of the molecule is CCCNCc1scc(C)c1S(=O)(=O)NCc1nccs1. The maximum absolute atomic E-state index is 12.5. The van der Waals surface area contributed by atoms with Crippen molar-refractivity contribution in [1.29, 1.82) is 0 Å². The van der Waals surface area contributed by atoms with Crippen LogP contribution >= 0.6 is 22.7 Å². The van der Waals surface area contributed by atoms with Crippen molar-refractivity contribution in [2.45, 2.75) is 38.3 Å². The van der Waals surface area contributed by atoms with E-state index in [0.717, 1.165) is 28.4 Å². The minimum absolute atomic E-state index is 0.233. The van der Waals surface area contributed by atoms with Gasteiger partial charge < -0.3 is 5.32 Å². The van der Waals surface area contributed by atoms with Crippen molar-refractivity contribution in [3.8, 4) is 0 Å². The number of thiophene rings is 1. The number of rotatable bonds is 8. The summed E-state index contributed by atoms with van der Waals surface area (Å²) in [7, 11) is -3.50. The van der Waals surface area contributed by atoms with Gasteiger partial charge in [-0.15, -0.1) is 22.7 Å². The fourth-order valence-electron chi connectivity index (χ4n) is 1.92. The van der Waals surface area contributed by atoms with Gasteiger partial charge in [-0.2, -0.15) is 0 Å². The summed E-state index contributed by atoms with van der Waals surface area (Å²) in [5.74, 6) is 0. The molecule has 5 nitrogen and oxygen atoms in total. The molecule has 0 unspecified atom stereocenters. The average Bonchev–Trinajstić information content (AvgIpc) is 3.07. The standard InChI is InChI=1S/C13H19N3O2S3/c1-3-4-14-7-11-13(10(2)9-20-11)21(17,18)16-8-12-15-5-6-19-12/h5-6,9,14,16H,3-4,7-8H2,1-2H3. The fourth-order valence-corrected chi connectivity index (χ4v) is 5.33. The van der Waals surface area contributed by atoms with Crippen LogP contribution in [0.4, 0.5) is 0 Å². The van der Waals surface area contributed by atoms with E-state index in [1.807, 2.05) is 17.7 Å². The highest BCUT2D eigenvalue weighted by molar-refractivity contribution is 7.89. The van der Waals surface area contributed by atoms with E-state index in [4.69, 9.17) is 0 Å². The van der Waals surface area contributed by atoms with Crippen LogP contribution < -0.4 is 10.0 Å². The number of sulfonamides is 1. The number of nitrogens with one attached hydrogen (secondary N) is 2. The van der Waals surface area contributed by atoms with Crippen molar-refractivity contribution in [2.75, 3.05) is 6.54 Å². The monoisotopic (exact) mass is 345 g/mol. The molecule has 0 amide bonds. The van der Waals surface area contributed by atoms with Crippen molar-refractivity contribution in [1.82, 2.24) is 15.0 Å². The smallest absolute Gasteiger partial charge is 0.242 e. The molecule has 0 aliphatic heterocycles. The van der Waals surface area contributed by atoms with Gasteiger partial charge in [-0.25, -0.2) is 18.1 Å². The minimum Gasteiger partial charge on any atom is -0.312 e. The zero-order valence-electron chi connectivity index (χ0n) is 12.0. The Morgan fingerprint density at radius 1 is 1.29 bits per heavy atom. The molecule has 116 valence electrons. The Kier molecular flexibility index (Phi) is 5.88. The molecule has 0 bridgehead atoms. The number of aryl methyl sites for hydroxylation is 1. The van der Waals surface area contributed by atoms with Crippen molar-refractivity contribution >= 4 is 32.7 Å². The molecule has 8 heteroatoms. The highest BCUT2D eigenvalue weighted by atomic mass is 32.2. The molecule has 0 aliphatic carbocycles. The van der Waals surface area contributed by atoms with Gasteiger partial charge in [-0.05, 0) is 30.8 Å². The maximum atomic E-state index is 12.5. The van der Waals surface area contributed by atoms with Crippen LogP contribution in [0.3, 0.4) is 0 Å². The summed E-state index contributed by atoms with van der Waals surface area (Å²) in [6.45, 7) is 5.61. The molecule has 0 saturated heterocycles. The summed E-state index contributed by atoms with van der Waals surface area (Å²) in [6.07, 6.45) is 2.69. The van der Waals surface area contributed by atoms with Gasteiger partial charge >= 0.3 is 0 Å². The quantitative estimate of drug-likeness (QED) is 0.721. The highest BCUT2D eigenvalue weighted by Crippen LogP contribution is 2.27. The lowest BCUT2D eigenvalue weighted by atomic mass is 10.3.